The lowest BCUT2D eigenvalue weighted by Crippen LogP contribution is -2.04. The van der Waals surface area contributed by atoms with Gasteiger partial charge in [-0.15, -0.1) is 0 Å². The van der Waals surface area contributed by atoms with Gasteiger partial charge in [-0.2, -0.15) is 10.1 Å². The van der Waals surface area contributed by atoms with Gasteiger partial charge >= 0.3 is 0 Å². The van der Waals surface area contributed by atoms with E-state index in [9.17, 15) is 0 Å². The Labute approximate surface area is 124 Å². The number of hydrogen-bond acceptors (Lipinski definition) is 4. The number of rotatable bonds is 3. The smallest absolute Gasteiger partial charge is 0.224 e. The standard InChI is InChI=1S/C14H12BrN5/c1-16-14-17-8-12(15)13(19-14)20-9-11(7-18-20)10-5-3-2-4-6-10/h2-9H,1H3,(H,16,17,19). The lowest BCUT2D eigenvalue weighted by molar-refractivity contribution is 0.835. The Hall–Kier alpha value is -2.21. The fourth-order valence-corrected chi connectivity index (χ4v) is 2.23. The molecule has 20 heavy (non-hydrogen) atoms. The van der Waals surface area contributed by atoms with Crippen LogP contribution in [0.3, 0.4) is 0 Å². The van der Waals surface area contributed by atoms with Crippen molar-refractivity contribution in [2.45, 2.75) is 0 Å². The van der Waals surface area contributed by atoms with Crippen LogP contribution in [0.15, 0.2) is 53.4 Å². The number of anilines is 1. The Bertz CT molecular complexity index is 723. The minimum Gasteiger partial charge on any atom is -0.357 e. The zero-order valence-corrected chi connectivity index (χ0v) is 12.4. The van der Waals surface area contributed by atoms with Gasteiger partial charge in [0.15, 0.2) is 5.82 Å². The summed E-state index contributed by atoms with van der Waals surface area (Å²) in [7, 11) is 1.78. The Balaban J connectivity index is 2.02. The van der Waals surface area contributed by atoms with E-state index >= 15 is 0 Å². The SMILES string of the molecule is CNc1ncc(Br)c(-n2cc(-c3ccccc3)cn2)n1. The molecule has 1 aromatic carbocycles. The molecule has 0 atom stereocenters. The summed E-state index contributed by atoms with van der Waals surface area (Å²) in [6.07, 6.45) is 5.48. The molecular weight excluding hydrogens is 318 g/mol. The van der Waals surface area contributed by atoms with Crippen molar-refractivity contribution in [1.29, 1.82) is 0 Å². The van der Waals surface area contributed by atoms with Crippen LogP contribution >= 0.6 is 15.9 Å². The Morgan fingerprint density at radius 1 is 1.10 bits per heavy atom. The van der Waals surface area contributed by atoms with E-state index in [0.29, 0.717) is 11.8 Å². The summed E-state index contributed by atoms with van der Waals surface area (Å²) in [6.45, 7) is 0. The molecule has 3 rings (SSSR count). The zero-order chi connectivity index (χ0) is 13.9. The molecule has 0 bridgehead atoms. The van der Waals surface area contributed by atoms with E-state index in [1.54, 1.807) is 17.9 Å². The fraction of sp³-hybridized carbons (Fsp3) is 0.0714. The van der Waals surface area contributed by atoms with Crippen LogP contribution in [0.2, 0.25) is 0 Å². The second-order valence-corrected chi connectivity index (χ2v) is 5.01. The van der Waals surface area contributed by atoms with Crippen LogP contribution in [0.25, 0.3) is 16.9 Å². The highest BCUT2D eigenvalue weighted by Crippen LogP contribution is 2.22. The van der Waals surface area contributed by atoms with E-state index in [1.807, 2.05) is 30.6 Å². The van der Waals surface area contributed by atoms with Crippen LogP contribution in [0.1, 0.15) is 0 Å². The highest BCUT2D eigenvalue weighted by atomic mass is 79.9. The van der Waals surface area contributed by atoms with E-state index < -0.39 is 0 Å². The molecule has 0 unspecified atom stereocenters. The van der Waals surface area contributed by atoms with Crippen LogP contribution in [0, 0.1) is 0 Å². The normalized spacial score (nSPS) is 10.5. The molecule has 1 N–H and O–H groups in total. The molecular formula is C14H12BrN5. The summed E-state index contributed by atoms with van der Waals surface area (Å²) in [5.41, 5.74) is 2.17. The van der Waals surface area contributed by atoms with Gasteiger partial charge in [-0.25, -0.2) is 9.67 Å². The van der Waals surface area contributed by atoms with Crippen LogP contribution in [-0.2, 0) is 0 Å². The van der Waals surface area contributed by atoms with Crippen molar-refractivity contribution in [3.63, 3.8) is 0 Å². The van der Waals surface area contributed by atoms with E-state index in [1.165, 1.54) is 0 Å². The summed E-state index contributed by atoms with van der Waals surface area (Å²) in [5.74, 6) is 1.26. The molecule has 0 saturated carbocycles. The number of aromatic nitrogens is 4. The third-order valence-electron chi connectivity index (χ3n) is 2.86. The third-order valence-corrected chi connectivity index (χ3v) is 3.42. The molecule has 3 aromatic rings. The maximum Gasteiger partial charge on any atom is 0.224 e. The van der Waals surface area contributed by atoms with E-state index in [2.05, 4.69) is 48.4 Å². The van der Waals surface area contributed by atoms with Gasteiger partial charge in [0.05, 0.1) is 10.7 Å². The summed E-state index contributed by atoms with van der Waals surface area (Å²) in [6, 6.07) is 10.1. The van der Waals surface area contributed by atoms with Crippen molar-refractivity contribution in [2.24, 2.45) is 0 Å². The average molecular weight is 330 g/mol. The molecule has 5 nitrogen and oxygen atoms in total. The molecule has 100 valence electrons. The minimum absolute atomic E-state index is 0.556. The molecule has 2 heterocycles. The average Bonchev–Trinajstić information content (AvgIpc) is 2.98. The molecule has 0 fully saturated rings. The van der Waals surface area contributed by atoms with E-state index in [4.69, 9.17) is 0 Å². The monoisotopic (exact) mass is 329 g/mol. The molecule has 6 heteroatoms. The summed E-state index contributed by atoms with van der Waals surface area (Å²) >= 11 is 3.45. The number of nitrogens with zero attached hydrogens (tertiary/aromatic N) is 4. The highest BCUT2D eigenvalue weighted by Gasteiger charge is 2.09. The molecule has 0 aliphatic rings. The lowest BCUT2D eigenvalue weighted by Gasteiger charge is -2.05. The first-order chi connectivity index (χ1) is 9.78. The van der Waals surface area contributed by atoms with Gasteiger partial charge in [0.1, 0.15) is 0 Å². The van der Waals surface area contributed by atoms with Crippen molar-refractivity contribution in [3.8, 4) is 16.9 Å². The maximum atomic E-state index is 4.40. The molecule has 0 aliphatic carbocycles. The topological polar surface area (TPSA) is 55.6 Å². The largest absolute Gasteiger partial charge is 0.357 e. The minimum atomic E-state index is 0.556. The van der Waals surface area contributed by atoms with Gasteiger partial charge in [0, 0.05) is 25.0 Å². The number of nitrogens with one attached hydrogen (secondary N) is 1. The van der Waals surface area contributed by atoms with Crippen molar-refractivity contribution in [2.75, 3.05) is 12.4 Å². The van der Waals surface area contributed by atoms with Gasteiger partial charge in [-0.1, -0.05) is 30.3 Å². The van der Waals surface area contributed by atoms with Gasteiger partial charge < -0.3 is 5.32 Å². The number of benzene rings is 1. The fourth-order valence-electron chi connectivity index (χ4n) is 1.86. The molecule has 0 aliphatic heterocycles. The van der Waals surface area contributed by atoms with E-state index in [-0.39, 0.29) is 0 Å². The van der Waals surface area contributed by atoms with Crippen LogP contribution in [0.5, 0.6) is 0 Å². The quantitative estimate of drug-likeness (QED) is 0.802. The van der Waals surface area contributed by atoms with Gasteiger partial charge in [-0.3, -0.25) is 0 Å². The Morgan fingerprint density at radius 2 is 1.90 bits per heavy atom. The molecule has 0 saturated heterocycles. The third kappa shape index (κ3) is 2.42. The van der Waals surface area contributed by atoms with Gasteiger partial charge in [0.2, 0.25) is 5.95 Å². The first kappa shape index (κ1) is 12.8. The summed E-state index contributed by atoms with van der Waals surface area (Å²) < 4.78 is 2.52. The zero-order valence-electron chi connectivity index (χ0n) is 10.8. The van der Waals surface area contributed by atoms with Crippen molar-refractivity contribution in [3.05, 3.63) is 53.4 Å². The van der Waals surface area contributed by atoms with E-state index in [0.717, 1.165) is 15.6 Å². The summed E-state index contributed by atoms with van der Waals surface area (Å²) in [4.78, 5) is 8.54. The Morgan fingerprint density at radius 3 is 2.65 bits per heavy atom. The van der Waals surface area contributed by atoms with Crippen LogP contribution in [0.4, 0.5) is 5.95 Å². The highest BCUT2D eigenvalue weighted by molar-refractivity contribution is 9.10. The maximum absolute atomic E-state index is 4.40. The second kappa shape index (κ2) is 5.42. The van der Waals surface area contributed by atoms with Crippen molar-refractivity contribution >= 4 is 21.9 Å². The van der Waals surface area contributed by atoms with Crippen LogP contribution < -0.4 is 5.32 Å². The lowest BCUT2D eigenvalue weighted by atomic mass is 10.1. The molecule has 0 amide bonds. The van der Waals surface area contributed by atoms with Crippen LogP contribution in [-0.4, -0.2) is 26.8 Å². The molecule has 2 aromatic heterocycles. The molecule has 0 spiro atoms. The number of halogens is 1. The second-order valence-electron chi connectivity index (χ2n) is 4.15. The summed E-state index contributed by atoms with van der Waals surface area (Å²) in [5, 5.41) is 7.29. The number of hydrogen-bond donors (Lipinski definition) is 1. The van der Waals surface area contributed by atoms with Crippen molar-refractivity contribution < 1.29 is 0 Å². The van der Waals surface area contributed by atoms with Gasteiger partial charge in [-0.05, 0) is 21.5 Å². The molecule has 0 radical (unpaired) electrons. The van der Waals surface area contributed by atoms with Gasteiger partial charge in [0.25, 0.3) is 0 Å². The predicted octanol–water partition coefficient (Wildman–Crippen LogP) is 3.13. The predicted molar refractivity (Wildman–Crippen MR) is 81.8 cm³/mol. The first-order valence-electron chi connectivity index (χ1n) is 6.08. The Kier molecular flexibility index (Phi) is 3.47. The van der Waals surface area contributed by atoms with Crippen molar-refractivity contribution in [1.82, 2.24) is 19.7 Å². The first-order valence-corrected chi connectivity index (χ1v) is 6.88.